The SMILES string of the molecule is CCCCCCNC(=O)c1cnc(C)cc1N. The summed E-state index contributed by atoms with van der Waals surface area (Å²) in [5, 5.41) is 2.86. The number of pyridine rings is 1. The van der Waals surface area contributed by atoms with E-state index in [0.29, 0.717) is 17.8 Å². The van der Waals surface area contributed by atoms with Crippen LogP contribution in [0.4, 0.5) is 5.69 Å². The zero-order valence-corrected chi connectivity index (χ0v) is 10.6. The zero-order chi connectivity index (χ0) is 12.7. The number of nitrogen functional groups attached to an aromatic ring is 1. The van der Waals surface area contributed by atoms with Gasteiger partial charge in [-0.3, -0.25) is 9.78 Å². The Bertz CT molecular complexity index is 377. The van der Waals surface area contributed by atoms with E-state index in [1.165, 1.54) is 19.0 Å². The van der Waals surface area contributed by atoms with Crippen molar-refractivity contribution in [2.24, 2.45) is 0 Å². The predicted octanol–water partition coefficient (Wildman–Crippen LogP) is 2.28. The van der Waals surface area contributed by atoms with Gasteiger partial charge in [0, 0.05) is 24.1 Å². The van der Waals surface area contributed by atoms with Crippen LogP contribution in [0, 0.1) is 6.92 Å². The van der Waals surface area contributed by atoms with Gasteiger partial charge in [0.25, 0.3) is 5.91 Å². The van der Waals surface area contributed by atoms with E-state index >= 15 is 0 Å². The van der Waals surface area contributed by atoms with Gasteiger partial charge in [-0.05, 0) is 19.4 Å². The fourth-order valence-corrected chi connectivity index (χ4v) is 1.62. The van der Waals surface area contributed by atoms with Gasteiger partial charge in [-0.1, -0.05) is 26.2 Å². The molecule has 3 N–H and O–H groups in total. The highest BCUT2D eigenvalue weighted by atomic mass is 16.1. The van der Waals surface area contributed by atoms with Crippen molar-refractivity contribution in [1.82, 2.24) is 10.3 Å². The summed E-state index contributed by atoms with van der Waals surface area (Å²) in [6.07, 6.45) is 6.11. The van der Waals surface area contributed by atoms with Crippen LogP contribution in [0.5, 0.6) is 0 Å². The van der Waals surface area contributed by atoms with Crippen molar-refractivity contribution in [3.63, 3.8) is 0 Å². The maximum absolute atomic E-state index is 11.8. The van der Waals surface area contributed by atoms with Gasteiger partial charge in [-0.25, -0.2) is 0 Å². The fraction of sp³-hybridized carbons (Fsp3) is 0.538. The molecule has 1 rings (SSSR count). The summed E-state index contributed by atoms with van der Waals surface area (Å²) in [7, 11) is 0. The van der Waals surface area contributed by atoms with E-state index in [2.05, 4.69) is 17.2 Å². The quantitative estimate of drug-likeness (QED) is 0.743. The van der Waals surface area contributed by atoms with Crippen molar-refractivity contribution in [2.75, 3.05) is 12.3 Å². The number of nitrogens with one attached hydrogen (secondary N) is 1. The number of nitrogens with two attached hydrogens (primary N) is 1. The lowest BCUT2D eigenvalue weighted by Crippen LogP contribution is -2.25. The summed E-state index contributed by atoms with van der Waals surface area (Å²) in [5.41, 5.74) is 7.55. The number of aryl methyl sites for hydroxylation is 1. The molecule has 1 heterocycles. The standard InChI is InChI=1S/C13H21N3O/c1-3-4-5-6-7-15-13(17)11-9-16-10(2)8-12(11)14/h8-9H,3-7H2,1-2H3,(H2,14,16)(H,15,17). The Hall–Kier alpha value is -1.58. The van der Waals surface area contributed by atoms with Crippen molar-refractivity contribution in [3.8, 4) is 0 Å². The highest BCUT2D eigenvalue weighted by molar-refractivity contribution is 5.98. The van der Waals surface area contributed by atoms with Crippen molar-refractivity contribution < 1.29 is 4.79 Å². The van der Waals surface area contributed by atoms with Crippen LogP contribution in [-0.2, 0) is 0 Å². The number of aromatic nitrogens is 1. The molecule has 0 aliphatic carbocycles. The Kier molecular flexibility index (Phi) is 5.46. The van der Waals surface area contributed by atoms with Gasteiger partial charge in [-0.15, -0.1) is 0 Å². The van der Waals surface area contributed by atoms with Crippen LogP contribution in [0.1, 0.15) is 48.7 Å². The smallest absolute Gasteiger partial charge is 0.254 e. The molecular formula is C13H21N3O. The molecule has 0 atom stereocenters. The minimum absolute atomic E-state index is 0.133. The molecule has 0 fully saturated rings. The summed E-state index contributed by atoms with van der Waals surface area (Å²) in [6, 6.07) is 1.71. The first kappa shape index (κ1) is 13.5. The Balaban J connectivity index is 2.42. The topological polar surface area (TPSA) is 68.0 Å². The maximum atomic E-state index is 11.8. The lowest BCUT2D eigenvalue weighted by molar-refractivity contribution is 0.0953. The molecule has 1 aromatic rings. The number of rotatable bonds is 6. The molecule has 1 aromatic heterocycles. The summed E-state index contributed by atoms with van der Waals surface area (Å²) in [5.74, 6) is -0.133. The lowest BCUT2D eigenvalue weighted by atomic mass is 10.2. The molecular weight excluding hydrogens is 214 g/mol. The maximum Gasteiger partial charge on any atom is 0.254 e. The van der Waals surface area contributed by atoms with Crippen molar-refractivity contribution in [1.29, 1.82) is 0 Å². The zero-order valence-electron chi connectivity index (χ0n) is 10.6. The molecule has 1 amide bonds. The molecule has 0 bridgehead atoms. The van der Waals surface area contributed by atoms with Crippen molar-refractivity contribution in [2.45, 2.75) is 39.5 Å². The monoisotopic (exact) mass is 235 g/mol. The molecule has 0 unspecified atom stereocenters. The molecule has 0 aliphatic heterocycles. The number of hydrogen-bond donors (Lipinski definition) is 2. The molecule has 0 radical (unpaired) electrons. The molecule has 94 valence electrons. The third-order valence-electron chi connectivity index (χ3n) is 2.63. The van der Waals surface area contributed by atoms with E-state index < -0.39 is 0 Å². The van der Waals surface area contributed by atoms with Crippen LogP contribution in [0.25, 0.3) is 0 Å². The molecule has 0 saturated carbocycles. The molecule has 4 heteroatoms. The highest BCUT2D eigenvalue weighted by Crippen LogP contribution is 2.11. The summed E-state index contributed by atoms with van der Waals surface area (Å²) < 4.78 is 0. The summed E-state index contributed by atoms with van der Waals surface area (Å²) >= 11 is 0. The van der Waals surface area contributed by atoms with Crippen molar-refractivity contribution in [3.05, 3.63) is 23.5 Å². The van der Waals surface area contributed by atoms with Crippen LogP contribution < -0.4 is 11.1 Å². The van der Waals surface area contributed by atoms with Gasteiger partial charge in [0.05, 0.1) is 5.56 Å². The Morgan fingerprint density at radius 3 is 2.82 bits per heavy atom. The van der Waals surface area contributed by atoms with Crippen LogP contribution in [0.2, 0.25) is 0 Å². The summed E-state index contributed by atoms with van der Waals surface area (Å²) in [6.45, 7) is 4.71. The van der Waals surface area contributed by atoms with Gasteiger partial charge in [0.1, 0.15) is 0 Å². The molecule has 0 saturated heterocycles. The number of carbonyl (C=O) groups is 1. The fourth-order valence-electron chi connectivity index (χ4n) is 1.62. The molecule has 0 spiro atoms. The third-order valence-corrected chi connectivity index (χ3v) is 2.63. The van der Waals surface area contributed by atoms with E-state index in [4.69, 9.17) is 5.73 Å². The number of carbonyl (C=O) groups excluding carboxylic acids is 1. The Labute approximate surface area is 103 Å². The second-order valence-corrected chi connectivity index (χ2v) is 4.23. The lowest BCUT2D eigenvalue weighted by Gasteiger charge is -2.07. The van der Waals surface area contributed by atoms with Gasteiger partial charge >= 0.3 is 0 Å². The molecule has 4 nitrogen and oxygen atoms in total. The van der Waals surface area contributed by atoms with E-state index in [-0.39, 0.29) is 5.91 Å². The van der Waals surface area contributed by atoms with Crippen molar-refractivity contribution >= 4 is 11.6 Å². The van der Waals surface area contributed by atoms with E-state index in [0.717, 1.165) is 18.5 Å². The number of hydrogen-bond acceptors (Lipinski definition) is 3. The largest absolute Gasteiger partial charge is 0.398 e. The van der Waals surface area contributed by atoms with Gasteiger partial charge in [-0.2, -0.15) is 0 Å². The van der Waals surface area contributed by atoms with Crippen LogP contribution in [0.15, 0.2) is 12.3 Å². The second kappa shape index (κ2) is 6.89. The van der Waals surface area contributed by atoms with E-state index in [1.54, 1.807) is 6.07 Å². The average Bonchev–Trinajstić information content (AvgIpc) is 2.28. The van der Waals surface area contributed by atoms with Gasteiger partial charge < -0.3 is 11.1 Å². The van der Waals surface area contributed by atoms with E-state index in [1.807, 2.05) is 6.92 Å². The van der Waals surface area contributed by atoms with Crippen LogP contribution in [0.3, 0.4) is 0 Å². The first-order valence-electron chi connectivity index (χ1n) is 6.15. The minimum atomic E-state index is -0.133. The number of unbranched alkanes of at least 4 members (excludes halogenated alkanes) is 3. The Morgan fingerprint density at radius 1 is 1.41 bits per heavy atom. The molecule has 0 aromatic carbocycles. The molecule has 0 aliphatic rings. The first-order valence-corrected chi connectivity index (χ1v) is 6.15. The van der Waals surface area contributed by atoms with Crippen LogP contribution >= 0.6 is 0 Å². The summed E-state index contributed by atoms with van der Waals surface area (Å²) in [4.78, 5) is 15.9. The van der Waals surface area contributed by atoms with E-state index in [9.17, 15) is 4.79 Å². The minimum Gasteiger partial charge on any atom is -0.398 e. The van der Waals surface area contributed by atoms with Gasteiger partial charge in [0.15, 0.2) is 0 Å². The third kappa shape index (κ3) is 4.43. The number of nitrogens with zero attached hydrogens (tertiary/aromatic N) is 1. The normalized spacial score (nSPS) is 10.2. The highest BCUT2D eigenvalue weighted by Gasteiger charge is 2.09. The Morgan fingerprint density at radius 2 is 2.18 bits per heavy atom. The first-order chi connectivity index (χ1) is 8.15. The molecule has 17 heavy (non-hydrogen) atoms. The van der Waals surface area contributed by atoms with Crippen LogP contribution in [-0.4, -0.2) is 17.4 Å². The van der Waals surface area contributed by atoms with Gasteiger partial charge in [0.2, 0.25) is 0 Å². The average molecular weight is 235 g/mol. The second-order valence-electron chi connectivity index (χ2n) is 4.23. The predicted molar refractivity (Wildman–Crippen MR) is 69.9 cm³/mol. The number of amides is 1. The number of anilines is 1.